The number of nitrogens with one attached hydrogen (secondary N) is 1. The summed E-state index contributed by atoms with van der Waals surface area (Å²) in [5.74, 6) is -1.04. The molecule has 2 atom stereocenters. The quantitative estimate of drug-likeness (QED) is 0.844. The summed E-state index contributed by atoms with van der Waals surface area (Å²) in [7, 11) is -3.18. The second-order valence-electron chi connectivity index (χ2n) is 4.57. The van der Waals surface area contributed by atoms with Gasteiger partial charge in [0.05, 0.1) is 29.3 Å². The van der Waals surface area contributed by atoms with Gasteiger partial charge in [-0.15, -0.1) is 11.6 Å². The maximum absolute atomic E-state index is 13.0. The van der Waals surface area contributed by atoms with Crippen LogP contribution in [0.5, 0.6) is 0 Å². The summed E-state index contributed by atoms with van der Waals surface area (Å²) in [6.07, 6.45) is -0.00207. The van der Waals surface area contributed by atoms with Crippen molar-refractivity contribution in [3.63, 3.8) is 0 Å². The maximum Gasteiger partial charge on any atom is 0.224 e. The van der Waals surface area contributed by atoms with E-state index < -0.39 is 27.1 Å². The van der Waals surface area contributed by atoms with Crippen molar-refractivity contribution in [3.05, 3.63) is 35.6 Å². The molecule has 19 heavy (non-hydrogen) atoms. The van der Waals surface area contributed by atoms with Gasteiger partial charge in [-0.1, -0.05) is 12.1 Å². The molecule has 104 valence electrons. The molecular weight excluding hydrogens is 293 g/mol. The fourth-order valence-electron chi connectivity index (χ4n) is 2.03. The lowest BCUT2D eigenvalue weighted by Crippen LogP contribution is -2.41. The standard InChI is InChI=1S/C12H13ClFNO3S/c13-10-6-19(17,18)7-11(10)15-12(16)5-8-2-1-3-9(14)4-8/h1-4,10-11H,5-7H2,(H,15,16). The largest absolute Gasteiger partial charge is 0.351 e. The average Bonchev–Trinajstić information content (AvgIpc) is 2.51. The van der Waals surface area contributed by atoms with Gasteiger partial charge in [-0.25, -0.2) is 12.8 Å². The van der Waals surface area contributed by atoms with Crippen LogP contribution in [0.3, 0.4) is 0 Å². The first-order chi connectivity index (χ1) is 8.85. The van der Waals surface area contributed by atoms with E-state index in [2.05, 4.69) is 5.32 Å². The van der Waals surface area contributed by atoms with Crippen molar-refractivity contribution in [2.24, 2.45) is 0 Å². The molecule has 0 spiro atoms. The van der Waals surface area contributed by atoms with Gasteiger partial charge in [-0.3, -0.25) is 4.79 Å². The molecule has 1 aliphatic heterocycles. The normalized spacial score (nSPS) is 25.2. The number of sulfone groups is 1. The molecule has 0 aliphatic carbocycles. The molecule has 0 saturated carbocycles. The lowest BCUT2D eigenvalue weighted by molar-refractivity contribution is -0.120. The summed E-state index contributed by atoms with van der Waals surface area (Å²) >= 11 is 5.88. The smallest absolute Gasteiger partial charge is 0.224 e. The number of carbonyl (C=O) groups excluding carboxylic acids is 1. The third-order valence-corrected chi connectivity index (χ3v) is 5.26. The highest BCUT2D eigenvalue weighted by atomic mass is 35.5. The Kier molecular flexibility index (Phi) is 4.10. The lowest BCUT2D eigenvalue weighted by Gasteiger charge is -2.14. The van der Waals surface area contributed by atoms with Crippen molar-refractivity contribution in [1.29, 1.82) is 0 Å². The van der Waals surface area contributed by atoms with Crippen molar-refractivity contribution in [2.75, 3.05) is 11.5 Å². The number of alkyl halides is 1. The van der Waals surface area contributed by atoms with Crippen LogP contribution in [-0.4, -0.2) is 37.2 Å². The topological polar surface area (TPSA) is 63.2 Å². The summed E-state index contributed by atoms with van der Waals surface area (Å²) in [5, 5.41) is 1.97. The van der Waals surface area contributed by atoms with Crippen LogP contribution in [0.15, 0.2) is 24.3 Å². The molecule has 1 saturated heterocycles. The number of hydrogen-bond donors (Lipinski definition) is 1. The third kappa shape index (κ3) is 3.91. The molecule has 1 aromatic carbocycles. The Bertz CT molecular complexity index is 590. The minimum Gasteiger partial charge on any atom is -0.351 e. The van der Waals surface area contributed by atoms with Crippen molar-refractivity contribution in [1.82, 2.24) is 5.32 Å². The van der Waals surface area contributed by atoms with E-state index in [1.54, 1.807) is 6.07 Å². The van der Waals surface area contributed by atoms with Crippen LogP contribution in [0.1, 0.15) is 5.56 Å². The van der Waals surface area contributed by atoms with Crippen molar-refractivity contribution >= 4 is 27.3 Å². The van der Waals surface area contributed by atoms with Crippen LogP contribution >= 0.6 is 11.6 Å². The van der Waals surface area contributed by atoms with Crippen LogP contribution < -0.4 is 5.32 Å². The molecule has 2 unspecified atom stereocenters. The predicted octanol–water partition coefficient (Wildman–Crippen LogP) is 0.889. The highest BCUT2D eigenvalue weighted by molar-refractivity contribution is 7.91. The Hall–Kier alpha value is -1.14. The van der Waals surface area contributed by atoms with Crippen LogP contribution in [0.2, 0.25) is 0 Å². The summed E-state index contributed by atoms with van der Waals surface area (Å²) in [5.41, 5.74) is 0.532. The molecule has 1 fully saturated rings. The minimum absolute atomic E-state index is 0.00207. The maximum atomic E-state index is 13.0. The highest BCUT2D eigenvalue weighted by Crippen LogP contribution is 2.18. The van der Waals surface area contributed by atoms with Gasteiger partial charge in [-0.05, 0) is 17.7 Å². The second-order valence-corrected chi connectivity index (χ2v) is 7.29. The molecule has 0 aromatic heterocycles. The molecule has 4 nitrogen and oxygen atoms in total. The van der Waals surface area contributed by atoms with Gasteiger partial charge in [0, 0.05) is 0 Å². The molecule has 2 rings (SSSR count). The van der Waals surface area contributed by atoms with Gasteiger partial charge in [0.25, 0.3) is 0 Å². The Labute approximate surface area is 115 Å². The molecular formula is C12H13ClFNO3S. The zero-order valence-electron chi connectivity index (χ0n) is 9.97. The van der Waals surface area contributed by atoms with Crippen molar-refractivity contribution in [2.45, 2.75) is 17.8 Å². The number of carbonyl (C=O) groups is 1. The van der Waals surface area contributed by atoms with E-state index in [0.29, 0.717) is 5.56 Å². The van der Waals surface area contributed by atoms with E-state index in [1.165, 1.54) is 18.2 Å². The van der Waals surface area contributed by atoms with E-state index >= 15 is 0 Å². The molecule has 7 heteroatoms. The zero-order chi connectivity index (χ0) is 14.0. The Balaban J connectivity index is 1.95. The van der Waals surface area contributed by atoms with Crippen LogP contribution in [0.4, 0.5) is 4.39 Å². The van der Waals surface area contributed by atoms with Gasteiger partial charge in [0.15, 0.2) is 9.84 Å². The number of halogens is 2. The van der Waals surface area contributed by atoms with Gasteiger partial charge in [-0.2, -0.15) is 0 Å². The molecule has 0 bridgehead atoms. The Morgan fingerprint density at radius 1 is 1.42 bits per heavy atom. The van der Waals surface area contributed by atoms with Crippen LogP contribution in [-0.2, 0) is 21.1 Å². The first kappa shape index (κ1) is 14.3. The van der Waals surface area contributed by atoms with E-state index in [9.17, 15) is 17.6 Å². The summed E-state index contributed by atoms with van der Waals surface area (Å²) in [6, 6.07) is 5.13. The fraction of sp³-hybridized carbons (Fsp3) is 0.417. The summed E-state index contributed by atoms with van der Waals surface area (Å²) < 4.78 is 35.7. The zero-order valence-corrected chi connectivity index (χ0v) is 11.5. The minimum atomic E-state index is -3.18. The molecule has 1 heterocycles. The fourth-order valence-corrected chi connectivity index (χ4v) is 4.58. The highest BCUT2D eigenvalue weighted by Gasteiger charge is 2.37. The predicted molar refractivity (Wildman–Crippen MR) is 70.3 cm³/mol. The van der Waals surface area contributed by atoms with Gasteiger partial charge >= 0.3 is 0 Å². The van der Waals surface area contributed by atoms with Crippen LogP contribution in [0.25, 0.3) is 0 Å². The monoisotopic (exact) mass is 305 g/mol. The van der Waals surface area contributed by atoms with Crippen LogP contribution in [0, 0.1) is 5.82 Å². The SMILES string of the molecule is O=C(Cc1cccc(F)c1)NC1CS(=O)(=O)CC1Cl. The third-order valence-electron chi connectivity index (χ3n) is 2.88. The molecule has 1 N–H and O–H groups in total. The number of hydrogen-bond acceptors (Lipinski definition) is 3. The number of benzene rings is 1. The number of rotatable bonds is 3. The average molecular weight is 306 g/mol. The Morgan fingerprint density at radius 3 is 2.74 bits per heavy atom. The molecule has 1 aromatic rings. The van der Waals surface area contributed by atoms with Gasteiger partial charge < -0.3 is 5.32 Å². The van der Waals surface area contributed by atoms with Crippen molar-refractivity contribution in [3.8, 4) is 0 Å². The van der Waals surface area contributed by atoms with E-state index in [1.807, 2.05) is 0 Å². The van der Waals surface area contributed by atoms with Gasteiger partial charge in [0.2, 0.25) is 5.91 Å². The molecule has 1 aliphatic rings. The summed E-state index contributed by atoms with van der Waals surface area (Å²) in [6.45, 7) is 0. The van der Waals surface area contributed by atoms with E-state index in [0.717, 1.165) is 0 Å². The van der Waals surface area contributed by atoms with Crippen molar-refractivity contribution < 1.29 is 17.6 Å². The summed E-state index contributed by atoms with van der Waals surface area (Å²) in [4.78, 5) is 11.7. The lowest BCUT2D eigenvalue weighted by atomic mass is 10.1. The second kappa shape index (κ2) is 5.46. The van der Waals surface area contributed by atoms with Gasteiger partial charge in [0.1, 0.15) is 5.82 Å². The number of amides is 1. The first-order valence-electron chi connectivity index (χ1n) is 5.74. The first-order valence-corrected chi connectivity index (χ1v) is 8.00. The molecule has 0 radical (unpaired) electrons. The van der Waals surface area contributed by atoms with E-state index in [4.69, 9.17) is 11.6 Å². The molecule has 1 amide bonds. The Morgan fingerprint density at radius 2 is 2.16 bits per heavy atom. The van der Waals surface area contributed by atoms with E-state index in [-0.39, 0.29) is 23.8 Å².